The van der Waals surface area contributed by atoms with Crippen LogP contribution in [0.3, 0.4) is 0 Å². The number of likely N-dealkylation sites (tertiary alicyclic amines) is 1. The molecule has 5 nitrogen and oxygen atoms in total. The fourth-order valence-electron chi connectivity index (χ4n) is 2.99. The third-order valence-electron chi connectivity index (χ3n) is 4.69. The Hall–Kier alpha value is -0.910. The van der Waals surface area contributed by atoms with Crippen molar-refractivity contribution in [1.82, 2.24) is 10.2 Å². The molecule has 0 saturated carbocycles. The normalized spacial score (nSPS) is 29.9. The molecule has 6 heteroatoms. The minimum Gasteiger partial charge on any atom is -0.481 e. The van der Waals surface area contributed by atoms with Gasteiger partial charge in [0.1, 0.15) is 0 Å². The van der Waals surface area contributed by atoms with Gasteiger partial charge in [0.25, 0.3) is 0 Å². The Morgan fingerprint density at radius 3 is 2.75 bits per heavy atom. The van der Waals surface area contributed by atoms with Gasteiger partial charge >= 0.3 is 12.0 Å². The topological polar surface area (TPSA) is 69.6 Å². The Bertz CT molecular complexity index is 383. The van der Waals surface area contributed by atoms with Gasteiger partial charge in [-0.15, -0.1) is 0 Å². The highest BCUT2D eigenvalue weighted by Gasteiger charge is 2.48. The molecule has 2 aliphatic heterocycles. The summed E-state index contributed by atoms with van der Waals surface area (Å²) in [4.78, 5) is 25.4. The molecular formula is C14H24N2O3S. The van der Waals surface area contributed by atoms with Crippen LogP contribution in [0.1, 0.15) is 26.7 Å². The summed E-state index contributed by atoms with van der Waals surface area (Å²) in [6.45, 7) is 5.42. The zero-order valence-electron chi connectivity index (χ0n) is 12.2. The number of aliphatic carboxylic acids is 1. The third-order valence-corrected chi connectivity index (χ3v) is 5.92. The van der Waals surface area contributed by atoms with E-state index in [9.17, 15) is 14.7 Å². The van der Waals surface area contributed by atoms with E-state index in [1.165, 1.54) is 5.75 Å². The van der Waals surface area contributed by atoms with E-state index in [-0.39, 0.29) is 11.9 Å². The van der Waals surface area contributed by atoms with E-state index in [0.29, 0.717) is 32.0 Å². The van der Waals surface area contributed by atoms with Crippen LogP contribution in [0.25, 0.3) is 0 Å². The van der Waals surface area contributed by atoms with E-state index >= 15 is 0 Å². The predicted octanol–water partition coefficient (Wildman–Crippen LogP) is 1.88. The highest BCUT2D eigenvalue weighted by molar-refractivity contribution is 7.99. The summed E-state index contributed by atoms with van der Waals surface area (Å²) in [6.07, 6.45) is 1.71. The van der Waals surface area contributed by atoms with Crippen molar-refractivity contribution < 1.29 is 14.7 Å². The van der Waals surface area contributed by atoms with Crippen molar-refractivity contribution in [3.8, 4) is 0 Å². The van der Waals surface area contributed by atoms with Crippen molar-refractivity contribution >= 4 is 23.8 Å². The number of urea groups is 1. The van der Waals surface area contributed by atoms with Crippen LogP contribution in [0, 0.1) is 17.3 Å². The van der Waals surface area contributed by atoms with Gasteiger partial charge < -0.3 is 15.3 Å². The number of carboxylic acid groups (broad SMARTS) is 1. The van der Waals surface area contributed by atoms with Crippen molar-refractivity contribution in [1.29, 1.82) is 0 Å². The van der Waals surface area contributed by atoms with E-state index in [1.54, 1.807) is 4.90 Å². The molecule has 2 amide bonds. The Kier molecular flexibility index (Phi) is 4.83. The SMILES string of the molecule is CC(C)C1(C(=O)O)CCN(C(=O)NCC2CCSC2)C1. The maximum atomic E-state index is 12.2. The predicted molar refractivity (Wildman–Crippen MR) is 79.9 cm³/mol. The molecule has 2 atom stereocenters. The molecule has 0 spiro atoms. The molecule has 2 fully saturated rings. The first-order valence-electron chi connectivity index (χ1n) is 7.29. The number of carboxylic acids is 1. The summed E-state index contributed by atoms with van der Waals surface area (Å²) in [5.74, 6) is 2.12. The summed E-state index contributed by atoms with van der Waals surface area (Å²) in [5, 5.41) is 12.4. The summed E-state index contributed by atoms with van der Waals surface area (Å²) in [6, 6.07) is -0.106. The van der Waals surface area contributed by atoms with E-state index in [4.69, 9.17) is 0 Å². The van der Waals surface area contributed by atoms with Gasteiger partial charge in [0, 0.05) is 19.6 Å². The second kappa shape index (κ2) is 6.24. The minimum absolute atomic E-state index is 0.0315. The Morgan fingerprint density at radius 2 is 2.25 bits per heavy atom. The molecule has 2 aliphatic rings. The molecule has 2 heterocycles. The number of carbonyl (C=O) groups is 2. The van der Waals surface area contributed by atoms with Gasteiger partial charge in [0.15, 0.2) is 0 Å². The lowest BCUT2D eigenvalue weighted by Gasteiger charge is -2.28. The minimum atomic E-state index is -0.782. The number of nitrogens with one attached hydrogen (secondary N) is 1. The highest BCUT2D eigenvalue weighted by Crippen LogP contribution is 2.38. The summed E-state index contributed by atoms with van der Waals surface area (Å²) >= 11 is 1.93. The molecule has 2 rings (SSSR count). The molecule has 114 valence electrons. The van der Waals surface area contributed by atoms with Crippen molar-refractivity contribution in [3.63, 3.8) is 0 Å². The highest BCUT2D eigenvalue weighted by atomic mass is 32.2. The van der Waals surface area contributed by atoms with E-state index in [1.807, 2.05) is 25.6 Å². The molecule has 0 aromatic rings. The van der Waals surface area contributed by atoms with E-state index < -0.39 is 11.4 Å². The number of hydrogen-bond donors (Lipinski definition) is 2. The number of rotatable bonds is 4. The zero-order valence-corrected chi connectivity index (χ0v) is 13.0. The monoisotopic (exact) mass is 300 g/mol. The number of carbonyl (C=O) groups excluding carboxylic acids is 1. The summed E-state index contributed by atoms with van der Waals surface area (Å²) < 4.78 is 0. The first-order chi connectivity index (χ1) is 9.45. The maximum Gasteiger partial charge on any atom is 0.317 e. The lowest BCUT2D eigenvalue weighted by atomic mass is 9.76. The van der Waals surface area contributed by atoms with E-state index in [2.05, 4.69) is 5.32 Å². The first-order valence-corrected chi connectivity index (χ1v) is 8.45. The Morgan fingerprint density at radius 1 is 1.50 bits per heavy atom. The molecule has 0 bridgehead atoms. The van der Waals surface area contributed by atoms with Crippen LogP contribution in [-0.2, 0) is 4.79 Å². The first kappa shape index (κ1) is 15.5. The fourth-order valence-corrected chi connectivity index (χ4v) is 4.27. The molecule has 0 aromatic heterocycles. The van der Waals surface area contributed by atoms with Crippen molar-refractivity contribution in [2.75, 3.05) is 31.1 Å². The number of hydrogen-bond acceptors (Lipinski definition) is 3. The summed E-state index contributed by atoms with van der Waals surface area (Å²) in [5.41, 5.74) is -0.777. The van der Waals surface area contributed by atoms with Gasteiger partial charge in [-0.1, -0.05) is 13.8 Å². The van der Waals surface area contributed by atoms with Gasteiger partial charge in [0.05, 0.1) is 5.41 Å². The van der Waals surface area contributed by atoms with Crippen LogP contribution in [0.2, 0.25) is 0 Å². The molecule has 2 saturated heterocycles. The fraction of sp³-hybridized carbons (Fsp3) is 0.857. The maximum absolute atomic E-state index is 12.2. The molecular weight excluding hydrogens is 276 g/mol. The molecule has 0 aliphatic carbocycles. The zero-order chi connectivity index (χ0) is 14.8. The molecule has 2 N–H and O–H groups in total. The standard InChI is InChI=1S/C14H24N2O3S/c1-10(2)14(12(17)18)4-5-16(9-14)13(19)15-7-11-3-6-20-8-11/h10-11H,3-9H2,1-2H3,(H,15,19)(H,17,18). The molecule has 0 radical (unpaired) electrons. The second-order valence-corrected chi connectivity index (χ2v) is 7.35. The van der Waals surface area contributed by atoms with Crippen LogP contribution in [0.4, 0.5) is 4.79 Å². The third kappa shape index (κ3) is 3.05. The van der Waals surface area contributed by atoms with Crippen LogP contribution < -0.4 is 5.32 Å². The van der Waals surface area contributed by atoms with Gasteiger partial charge in [0.2, 0.25) is 0 Å². The van der Waals surface area contributed by atoms with Gasteiger partial charge in [-0.05, 0) is 36.2 Å². The number of thioether (sulfide) groups is 1. The molecule has 0 aromatic carbocycles. The largest absolute Gasteiger partial charge is 0.481 e. The van der Waals surface area contributed by atoms with E-state index in [0.717, 1.165) is 12.2 Å². The van der Waals surface area contributed by atoms with Crippen LogP contribution in [0.5, 0.6) is 0 Å². The molecule has 2 unspecified atom stereocenters. The smallest absolute Gasteiger partial charge is 0.317 e. The lowest BCUT2D eigenvalue weighted by molar-refractivity contribution is -0.150. The van der Waals surface area contributed by atoms with Crippen LogP contribution >= 0.6 is 11.8 Å². The Balaban J connectivity index is 1.87. The molecule has 20 heavy (non-hydrogen) atoms. The second-order valence-electron chi connectivity index (χ2n) is 6.20. The average Bonchev–Trinajstić information content (AvgIpc) is 3.05. The van der Waals surface area contributed by atoms with Crippen molar-refractivity contribution in [2.45, 2.75) is 26.7 Å². The average molecular weight is 300 g/mol. The van der Waals surface area contributed by atoms with Crippen LogP contribution in [-0.4, -0.2) is 53.1 Å². The van der Waals surface area contributed by atoms with Gasteiger partial charge in [-0.3, -0.25) is 4.79 Å². The van der Waals surface area contributed by atoms with Gasteiger partial charge in [-0.25, -0.2) is 4.79 Å². The number of nitrogens with zero attached hydrogens (tertiary/aromatic N) is 1. The number of amides is 2. The van der Waals surface area contributed by atoms with Crippen molar-refractivity contribution in [3.05, 3.63) is 0 Å². The quantitative estimate of drug-likeness (QED) is 0.832. The van der Waals surface area contributed by atoms with Crippen molar-refractivity contribution in [2.24, 2.45) is 17.3 Å². The lowest BCUT2D eigenvalue weighted by Crippen LogP contribution is -2.44. The Labute approximate surface area is 124 Å². The summed E-state index contributed by atoms with van der Waals surface area (Å²) in [7, 11) is 0. The van der Waals surface area contributed by atoms with Crippen LogP contribution in [0.15, 0.2) is 0 Å². The van der Waals surface area contributed by atoms with Gasteiger partial charge in [-0.2, -0.15) is 11.8 Å².